The smallest absolute Gasteiger partial charge is 0.139 e. The van der Waals surface area contributed by atoms with Gasteiger partial charge in [-0.2, -0.15) is 11.3 Å². The van der Waals surface area contributed by atoms with Crippen molar-refractivity contribution in [3.05, 3.63) is 46.9 Å². The van der Waals surface area contributed by atoms with Crippen molar-refractivity contribution < 1.29 is 9.84 Å². The minimum absolute atomic E-state index is 0.219. The highest BCUT2D eigenvalue weighted by molar-refractivity contribution is 7.07. The fraction of sp³-hybridized carbons (Fsp3) is 0.455. The van der Waals surface area contributed by atoms with Crippen LogP contribution in [0, 0.1) is 5.92 Å². The van der Waals surface area contributed by atoms with Gasteiger partial charge in [-0.3, -0.25) is 0 Å². The molecule has 2 atom stereocenters. The number of thiophene rings is 1. The summed E-state index contributed by atoms with van der Waals surface area (Å²) in [6, 6.07) is 8.51. The van der Waals surface area contributed by atoms with E-state index in [1.165, 1.54) is 5.69 Å². The predicted octanol–water partition coefficient (Wildman–Crippen LogP) is 3.48. The van der Waals surface area contributed by atoms with E-state index in [0.29, 0.717) is 0 Å². The van der Waals surface area contributed by atoms with E-state index in [9.17, 15) is 5.11 Å². The van der Waals surface area contributed by atoms with Gasteiger partial charge in [-0.25, -0.2) is 9.97 Å². The van der Waals surface area contributed by atoms with Gasteiger partial charge >= 0.3 is 0 Å². The maximum absolute atomic E-state index is 10.8. The molecule has 152 valence electrons. The highest BCUT2D eigenvalue weighted by Crippen LogP contribution is 2.34. The zero-order valence-electron chi connectivity index (χ0n) is 16.4. The number of anilines is 2. The van der Waals surface area contributed by atoms with Gasteiger partial charge in [0.05, 0.1) is 24.8 Å². The molecule has 1 aromatic carbocycles. The zero-order valence-corrected chi connectivity index (χ0v) is 17.2. The third kappa shape index (κ3) is 3.82. The number of piperidine rings is 1. The van der Waals surface area contributed by atoms with E-state index in [0.717, 1.165) is 74.5 Å². The van der Waals surface area contributed by atoms with Crippen molar-refractivity contribution in [2.75, 3.05) is 49.2 Å². The van der Waals surface area contributed by atoms with Gasteiger partial charge in [0.2, 0.25) is 0 Å². The number of morpholine rings is 1. The molecule has 2 aliphatic rings. The summed E-state index contributed by atoms with van der Waals surface area (Å²) in [6.45, 7) is 5.15. The summed E-state index contributed by atoms with van der Waals surface area (Å²) in [7, 11) is 0. The molecule has 0 saturated carbocycles. The molecule has 3 aromatic rings. The Hall–Kier alpha value is -2.22. The lowest BCUT2D eigenvalue weighted by Gasteiger charge is -2.36. The van der Waals surface area contributed by atoms with Gasteiger partial charge < -0.3 is 19.6 Å². The lowest BCUT2D eigenvalue weighted by atomic mass is 9.89. The Kier molecular flexibility index (Phi) is 5.35. The molecule has 1 N–H and O–H groups in total. The van der Waals surface area contributed by atoms with Crippen LogP contribution in [0.3, 0.4) is 0 Å². The molecule has 2 aromatic heterocycles. The summed E-state index contributed by atoms with van der Waals surface area (Å²) in [5.74, 6) is 1.20. The summed E-state index contributed by atoms with van der Waals surface area (Å²) in [4.78, 5) is 13.8. The normalized spacial score (nSPS) is 21.5. The van der Waals surface area contributed by atoms with E-state index in [1.807, 2.05) is 11.4 Å². The number of fused-ring (bicyclic) bond motifs is 1. The Balaban J connectivity index is 1.40. The molecule has 0 amide bonds. The molecular weight excluding hydrogens is 384 g/mol. The minimum atomic E-state index is -0.412. The first-order chi connectivity index (χ1) is 14.3. The molecule has 4 heterocycles. The maximum atomic E-state index is 10.8. The van der Waals surface area contributed by atoms with E-state index in [2.05, 4.69) is 43.3 Å². The van der Waals surface area contributed by atoms with Crippen molar-refractivity contribution in [3.63, 3.8) is 0 Å². The molecule has 7 heteroatoms. The Morgan fingerprint density at radius 1 is 1.10 bits per heavy atom. The molecule has 0 aliphatic carbocycles. The number of ether oxygens (including phenoxy) is 1. The number of benzene rings is 1. The lowest BCUT2D eigenvalue weighted by molar-refractivity contribution is 0.0984. The summed E-state index contributed by atoms with van der Waals surface area (Å²) in [5.41, 5.74) is 3.19. The van der Waals surface area contributed by atoms with Crippen LogP contribution in [0.15, 0.2) is 41.4 Å². The first kappa shape index (κ1) is 18.8. The van der Waals surface area contributed by atoms with E-state index in [-0.39, 0.29) is 5.92 Å². The summed E-state index contributed by atoms with van der Waals surface area (Å²) in [6.07, 6.45) is 3.35. The second kappa shape index (κ2) is 8.26. The maximum Gasteiger partial charge on any atom is 0.139 e. The second-order valence-corrected chi connectivity index (χ2v) is 8.63. The number of aliphatic hydroxyl groups excluding tert-OH is 1. The first-order valence-electron chi connectivity index (χ1n) is 10.3. The number of hydrogen-bond acceptors (Lipinski definition) is 7. The van der Waals surface area contributed by atoms with Crippen LogP contribution >= 0.6 is 11.3 Å². The zero-order chi connectivity index (χ0) is 19.6. The molecule has 0 spiro atoms. The molecule has 2 fully saturated rings. The van der Waals surface area contributed by atoms with Crippen molar-refractivity contribution in [1.82, 2.24) is 9.97 Å². The molecule has 0 radical (unpaired) electrons. The summed E-state index contributed by atoms with van der Waals surface area (Å²) < 4.78 is 5.47. The van der Waals surface area contributed by atoms with Crippen LogP contribution in [-0.2, 0) is 4.74 Å². The average Bonchev–Trinajstić information content (AvgIpc) is 3.33. The number of rotatable bonds is 4. The van der Waals surface area contributed by atoms with E-state index in [1.54, 1.807) is 17.7 Å². The van der Waals surface area contributed by atoms with Crippen LogP contribution in [0.5, 0.6) is 0 Å². The van der Waals surface area contributed by atoms with Gasteiger partial charge in [0, 0.05) is 43.2 Å². The van der Waals surface area contributed by atoms with Gasteiger partial charge in [-0.1, -0.05) is 0 Å². The fourth-order valence-electron chi connectivity index (χ4n) is 4.48. The highest BCUT2D eigenvalue weighted by Gasteiger charge is 2.28. The molecule has 2 saturated heterocycles. The van der Waals surface area contributed by atoms with Crippen molar-refractivity contribution in [1.29, 1.82) is 0 Å². The second-order valence-electron chi connectivity index (χ2n) is 7.85. The van der Waals surface area contributed by atoms with Crippen LogP contribution < -0.4 is 9.80 Å². The van der Waals surface area contributed by atoms with Crippen LogP contribution in [0.2, 0.25) is 0 Å². The first-order valence-corrected chi connectivity index (χ1v) is 11.3. The van der Waals surface area contributed by atoms with Gasteiger partial charge in [0.25, 0.3) is 0 Å². The topological polar surface area (TPSA) is 61.7 Å². The highest BCUT2D eigenvalue weighted by atomic mass is 32.1. The quantitative estimate of drug-likeness (QED) is 0.711. The predicted molar refractivity (Wildman–Crippen MR) is 117 cm³/mol. The van der Waals surface area contributed by atoms with Gasteiger partial charge in [-0.15, -0.1) is 0 Å². The monoisotopic (exact) mass is 410 g/mol. The van der Waals surface area contributed by atoms with Crippen LogP contribution in [-0.4, -0.2) is 54.5 Å². The summed E-state index contributed by atoms with van der Waals surface area (Å²) >= 11 is 1.64. The molecule has 6 nitrogen and oxygen atoms in total. The fourth-order valence-corrected chi connectivity index (χ4v) is 5.17. The molecule has 5 rings (SSSR count). The van der Waals surface area contributed by atoms with Crippen molar-refractivity contribution in [2.45, 2.75) is 18.9 Å². The van der Waals surface area contributed by atoms with E-state index >= 15 is 0 Å². The molecule has 0 bridgehead atoms. The van der Waals surface area contributed by atoms with Crippen molar-refractivity contribution in [3.8, 4) is 0 Å². The van der Waals surface area contributed by atoms with Gasteiger partial charge in [-0.05, 0) is 53.4 Å². The number of hydrogen-bond donors (Lipinski definition) is 1. The summed E-state index contributed by atoms with van der Waals surface area (Å²) in [5, 5.41) is 16.0. The standard InChI is InChI=1S/C22H26N4O2S/c27-21(17-5-11-29-14-17)16-2-1-6-26(13-16)22-19-4-3-18(12-20(19)23-15-24-22)25-7-9-28-10-8-25/h3-5,11-12,14-16,21,27H,1-2,6-10,13H2. The Morgan fingerprint density at radius 2 is 2.00 bits per heavy atom. The Bertz CT molecular complexity index is 959. The van der Waals surface area contributed by atoms with E-state index < -0.39 is 6.10 Å². The minimum Gasteiger partial charge on any atom is -0.388 e. The van der Waals surface area contributed by atoms with Crippen molar-refractivity contribution in [2.24, 2.45) is 5.92 Å². The number of aromatic nitrogens is 2. The number of nitrogens with zero attached hydrogens (tertiary/aromatic N) is 4. The molecule has 29 heavy (non-hydrogen) atoms. The Morgan fingerprint density at radius 3 is 2.83 bits per heavy atom. The average molecular weight is 411 g/mol. The SMILES string of the molecule is OC(c1ccsc1)C1CCCN(c2ncnc3cc(N4CCOCC4)ccc23)C1. The largest absolute Gasteiger partial charge is 0.388 e. The van der Waals surface area contributed by atoms with Crippen molar-refractivity contribution >= 4 is 33.7 Å². The van der Waals surface area contributed by atoms with Crippen LogP contribution in [0.4, 0.5) is 11.5 Å². The molecule has 2 unspecified atom stereocenters. The Labute approximate surface area is 174 Å². The van der Waals surface area contributed by atoms with Crippen LogP contribution in [0.25, 0.3) is 10.9 Å². The van der Waals surface area contributed by atoms with Crippen LogP contribution in [0.1, 0.15) is 24.5 Å². The van der Waals surface area contributed by atoms with E-state index in [4.69, 9.17) is 4.74 Å². The third-order valence-corrected chi connectivity index (χ3v) is 6.77. The third-order valence-electron chi connectivity index (χ3n) is 6.06. The number of aliphatic hydroxyl groups is 1. The van der Waals surface area contributed by atoms with Gasteiger partial charge in [0.1, 0.15) is 12.1 Å². The molecular formula is C22H26N4O2S. The van der Waals surface area contributed by atoms with Gasteiger partial charge in [0.15, 0.2) is 0 Å². The lowest BCUT2D eigenvalue weighted by Crippen LogP contribution is -2.38. The molecule has 2 aliphatic heterocycles.